The van der Waals surface area contributed by atoms with Gasteiger partial charge in [0.25, 0.3) is 0 Å². The van der Waals surface area contributed by atoms with E-state index in [0.29, 0.717) is 0 Å². The average molecular weight is 393 g/mol. The quantitative estimate of drug-likeness (QED) is 0.396. The summed E-state index contributed by atoms with van der Waals surface area (Å²) in [5.41, 5.74) is 4.44. The van der Waals surface area contributed by atoms with Crippen molar-refractivity contribution < 1.29 is 0 Å². The van der Waals surface area contributed by atoms with Crippen LogP contribution in [-0.2, 0) is 12.1 Å². The lowest BCUT2D eigenvalue weighted by atomic mass is 9.90. The van der Waals surface area contributed by atoms with Gasteiger partial charge in [-0.15, -0.1) is 0 Å². The fourth-order valence-corrected chi connectivity index (χ4v) is 4.04. The van der Waals surface area contributed by atoms with E-state index in [1.165, 1.54) is 0 Å². The molecule has 0 fully saturated rings. The Balaban J connectivity index is 1.74. The van der Waals surface area contributed by atoms with E-state index >= 15 is 0 Å². The Labute approximate surface area is 176 Å². The standard InChI is InChI=1S/C26H24N4/c1-2-10-23-27-22-16-9-11-19-17-18-26(25(28-23)24(19)22,29-20-12-5-3-6-13-20)30-21-14-7-4-8-15-21/h3-9,11-18,29-30H,2,10H2,1H3. The van der Waals surface area contributed by atoms with Gasteiger partial charge in [0.15, 0.2) is 5.66 Å². The van der Waals surface area contributed by atoms with Gasteiger partial charge in [-0.1, -0.05) is 61.5 Å². The van der Waals surface area contributed by atoms with Crippen LogP contribution in [0.5, 0.6) is 0 Å². The maximum atomic E-state index is 5.08. The van der Waals surface area contributed by atoms with Crippen molar-refractivity contribution in [2.24, 2.45) is 0 Å². The van der Waals surface area contributed by atoms with Gasteiger partial charge in [-0.2, -0.15) is 0 Å². The molecule has 0 radical (unpaired) electrons. The lowest BCUT2D eigenvalue weighted by Crippen LogP contribution is -2.43. The number of nitrogens with zero attached hydrogens (tertiary/aromatic N) is 2. The van der Waals surface area contributed by atoms with Crippen LogP contribution >= 0.6 is 0 Å². The maximum Gasteiger partial charge on any atom is 0.172 e. The zero-order chi connectivity index (χ0) is 20.4. The summed E-state index contributed by atoms with van der Waals surface area (Å²) < 4.78 is 0. The highest BCUT2D eigenvalue weighted by Gasteiger charge is 2.36. The van der Waals surface area contributed by atoms with E-state index in [9.17, 15) is 0 Å². The third kappa shape index (κ3) is 3.30. The Bertz CT molecular complexity index is 1160. The molecule has 0 spiro atoms. The number of benzene rings is 3. The number of para-hydroxylation sites is 2. The van der Waals surface area contributed by atoms with E-state index in [0.717, 1.165) is 52.2 Å². The highest BCUT2D eigenvalue weighted by atomic mass is 15.2. The van der Waals surface area contributed by atoms with Gasteiger partial charge >= 0.3 is 0 Å². The predicted octanol–water partition coefficient (Wildman–Crippen LogP) is 5.99. The summed E-state index contributed by atoms with van der Waals surface area (Å²) in [5.74, 6) is 0.876. The zero-order valence-electron chi connectivity index (χ0n) is 17.0. The summed E-state index contributed by atoms with van der Waals surface area (Å²) in [6.45, 7) is 2.16. The predicted molar refractivity (Wildman–Crippen MR) is 124 cm³/mol. The van der Waals surface area contributed by atoms with Gasteiger partial charge in [0, 0.05) is 23.2 Å². The number of aromatic nitrogens is 2. The number of hydrogen-bond donors (Lipinski definition) is 2. The van der Waals surface area contributed by atoms with Crippen LogP contribution in [0.15, 0.2) is 84.9 Å². The van der Waals surface area contributed by atoms with Crippen molar-refractivity contribution in [1.82, 2.24) is 9.97 Å². The molecule has 0 amide bonds. The summed E-state index contributed by atoms with van der Waals surface area (Å²) in [6, 6.07) is 26.8. The Hall–Kier alpha value is -3.66. The third-order valence-corrected chi connectivity index (χ3v) is 5.39. The SMILES string of the molecule is CCCc1nc2c3c(cccc3n1)C=CC2(Nc1ccccc1)Nc1ccccc1. The Morgan fingerprint density at radius 1 is 0.767 bits per heavy atom. The van der Waals surface area contributed by atoms with Crippen molar-refractivity contribution >= 4 is 28.4 Å². The monoisotopic (exact) mass is 392 g/mol. The molecule has 30 heavy (non-hydrogen) atoms. The number of nitrogens with one attached hydrogen (secondary N) is 2. The molecule has 2 N–H and O–H groups in total. The van der Waals surface area contributed by atoms with Crippen LogP contribution in [-0.4, -0.2) is 9.97 Å². The maximum absolute atomic E-state index is 5.08. The first-order valence-electron chi connectivity index (χ1n) is 10.4. The third-order valence-electron chi connectivity index (χ3n) is 5.39. The minimum absolute atomic E-state index is 0.694. The van der Waals surface area contributed by atoms with Crippen molar-refractivity contribution in [3.05, 3.63) is 102 Å². The molecule has 4 nitrogen and oxygen atoms in total. The number of aryl methyl sites for hydroxylation is 1. The molecule has 1 aliphatic rings. The van der Waals surface area contributed by atoms with E-state index in [4.69, 9.17) is 9.97 Å². The highest BCUT2D eigenvalue weighted by molar-refractivity contribution is 5.94. The molecular formula is C26H24N4. The number of hydrogen-bond acceptors (Lipinski definition) is 4. The molecular weight excluding hydrogens is 368 g/mol. The smallest absolute Gasteiger partial charge is 0.172 e. The normalized spacial score (nSPS) is 13.9. The molecule has 4 heteroatoms. The minimum atomic E-state index is -0.694. The fourth-order valence-electron chi connectivity index (χ4n) is 4.04. The fraction of sp³-hybridized carbons (Fsp3) is 0.154. The summed E-state index contributed by atoms with van der Waals surface area (Å²) in [7, 11) is 0. The molecule has 1 aromatic heterocycles. The molecule has 5 rings (SSSR count). The van der Waals surface area contributed by atoms with Gasteiger partial charge in [-0.25, -0.2) is 9.97 Å². The van der Waals surface area contributed by atoms with Crippen LogP contribution in [0.2, 0.25) is 0 Å². The lowest BCUT2D eigenvalue weighted by Gasteiger charge is -2.37. The summed E-state index contributed by atoms with van der Waals surface area (Å²) >= 11 is 0. The molecule has 148 valence electrons. The van der Waals surface area contributed by atoms with Crippen molar-refractivity contribution in [1.29, 1.82) is 0 Å². The van der Waals surface area contributed by atoms with Crippen molar-refractivity contribution in [2.75, 3.05) is 10.6 Å². The van der Waals surface area contributed by atoms with E-state index in [1.54, 1.807) is 0 Å². The second-order valence-corrected chi connectivity index (χ2v) is 7.60. The largest absolute Gasteiger partial charge is 0.355 e. The van der Waals surface area contributed by atoms with E-state index in [-0.39, 0.29) is 0 Å². The van der Waals surface area contributed by atoms with Crippen LogP contribution in [0, 0.1) is 0 Å². The molecule has 3 aromatic carbocycles. The minimum Gasteiger partial charge on any atom is -0.355 e. The van der Waals surface area contributed by atoms with Crippen LogP contribution in [0.3, 0.4) is 0 Å². The Morgan fingerprint density at radius 3 is 2.07 bits per heavy atom. The molecule has 0 saturated heterocycles. The average Bonchev–Trinajstić information content (AvgIpc) is 2.78. The zero-order valence-corrected chi connectivity index (χ0v) is 17.0. The first-order chi connectivity index (χ1) is 14.8. The topological polar surface area (TPSA) is 49.8 Å². The molecule has 0 aliphatic heterocycles. The molecule has 1 aliphatic carbocycles. The summed E-state index contributed by atoms with van der Waals surface area (Å²) in [6.07, 6.45) is 6.19. The molecule has 0 saturated carbocycles. The Morgan fingerprint density at radius 2 is 1.43 bits per heavy atom. The second-order valence-electron chi connectivity index (χ2n) is 7.60. The Kier molecular flexibility index (Phi) is 4.68. The highest BCUT2D eigenvalue weighted by Crippen LogP contribution is 2.38. The van der Waals surface area contributed by atoms with Crippen molar-refractivity contribution in [3.8, 4) is 0 Å². The van der Waals surface area contributed by atoms with Crippen LogP contribution in [0.25, 0.3) is 17.0 Å². The van der Waals surface area contributed by atoms with Gasteiger partial charge in [0.2, 0.25) is 0 Å². The van der Waals surface area contributed by atoms with E-state index < -0.39 is 5.66 Å². The van der Waals surface area contributed by atoms with Gasteiger partial charge in [-0.3, -0.25) is 0 Å². The number of rotatable bonds is 6. The van der Waals surface area contributed by atoms with Crippen LogP contribution < -0.4 is 10.6 Å². The number of anilines is 2. The lowest BCUT2D eigenvalue weighted by molar-refractivity contribution is 0.673. The molecule has 4 aromatic rings. The first-order valence-corrected chi connectivity index (χ1v) is 10.4. The van der Waals surface area contributed by atoms with Crippen molar-refractivity contribution in [2.45, 2.75) is 25.4 Å². The van der Waals surface area contributed by atoms with E-state index in [1.807, 2.05) is 36.4 Å². The molecule has 1 heterocycles. The van der Waals surface area contributed by atoms with Crippen molar-refractivity contribution in [3.63, 3.8) is 0 Å². The van der Waals surface area contributed by atoms with Gasteiger partial charge < -0.3 is 10.6 Å². The second kappa shape index (κ2) is 7.64. The van der Waals surface area contributed by atoms with Gasteiger partial charge in [0.1, 0.15) is 11.5 Å². The summed E-state index contributed by atoms with van der Waals surface area (Å²) in [5, 5.41) is 8.54. The molecule has 0 bridgehead atoms. The summed E-state index contributed by atoms with van der Waals surface area (Å²) in [4.78, 5) is 9.93. The van der Waals surface area contributed by atoms with Crippen LogP contribution in [0.1, 0.15) is 30.4 Å². The van der Waals surface area contributed by atoms with E-state index in [2.05, 4.69) is 72.2 Å². The molecule has 0 unspecified atom stereocenters. The van der Waals surface area contributed by atoms with Gasteiger partial charge in [-0.05, 0) is 48.4 Å². The van der Waals surface area contributed by atoms with Gasteiger partial charge in [0.05, 0.1) is 5.52 Å². The van der Waals surface area contributed by atoms with Crippen LogP contribution in [0.4, 0.5) is 11.4 Å². The first kappa shape index (κ1) is 18.4. The molecule has 0 atom stereocenters.